The van der Waals surface area contributed by atoms with Gasteiger partial charge in [-0.25, -0.2) is 0 Å². The summed E-state index contributed by atoms with van der Waals surface area (Å²) in [6, 6.07) is 69.7. The minimum absolute atomic E-state index is 0.867. The third-order valence-corrected chi connectivity index (χ3v) is 10.7. The Labute approximate surface area is 306 Å². The smallest absolute Gasteiger partial charge is 0.137 e. The van der Waals surface area contributed by atoms with E-state index >= 15 is 0 Å². The summed E-state index contributed by atoms with van der Waals surface area (Å²) in [6.45, 7) is 0. The molecule has 0 spiro atoms. The Hall–Kier alpha value is -7.10. The van der Waals surface area contributed by atoms with Crippen LogP contribution in [0.5, 0.6) is 0 Å². The number of fused-ring (bicyclic) bond motifs is 10. The molecule has 11 aromatic rings. The van der Waals surface area contributed by atoms with E-state index in [9.17, 15) is 0 Å². The van der Waals surface area contributed by atoms with Crippen LogP contribution < -0.4 is 4.90 Å². The lowest BCUT2D eigenvalue weighted by molar-refractivity contribution is 0.669. The first kappa shape index (κ1) is 29.6. The van der Waals surface area contributed by atoms with Gasteiger partial charge in [0.05, 0.1) is 11.0 Å². The first-order valence-corrected chi connectivity index (χ1v) is 18.1. The average molecular weight is 677 g/mol. The van der Waals surface area contributed by atoms with Crippen LogP contribution in [-0.2, 0) is 0 Å². The molecule has 0 saturated heterocycles. The van der Waals surface area contributed by atoms with E-state index in [1.807, 2.05) is 0 Å². The van der Waals surface area contributed by atoms with E-state index in [0.717, 1.165) is 50.3 Å². The largest absolute Gasteiger partial charge is 0.456 e. The Morgan fingerprint density at radius 2 is 1.02 bits per heavy atom. The molecule has 0 aliphatic carbocycles. The Morgan fingerprint density at radius 3 is 1.87 bits per heavy atom. The number of furan rings is 1. The summed E-state index contributed by atoms with van der Waals surface area (Å²) in [4.78, 5) is 2.36. The molecular formula is C50H32N2O. The fraction of sp³-hybridized carbons (Fsp3) is 0. The van der Waals surface area contributed by atoms with Crippen LogP contribution in [0, 0.1) is 0 Å². The summed E-state index contributed by atoms with van der Waals surface area (Å²) < 4.78 is 9.03. The highest BCUT2D eigenvalue weighted by Gasteiger charge is 2.20. The minimum Gasteiger partial charge on any atom is -0.456 e. The molecule has 2 aromatic heterocycles. The highest BCUT2D eigenvalue weighted by Crippen LogP contribution is 2.44. The highest BCUT2D eigenvalue weighted by molar-refractivity contribution is 6.20. The Balaban J connectivity index is 1.17. The molecule has 3 nitrogen and oxygen atoms in total. The van der Waals surface area contributed by atoms with Crippen LogP contribution in [0.15, 0.2) is 199 Å². The van der Waals surface area contributed by atoms with Crippen molar-refractivity contribution in [3.8, 4) is 16.8 Å². The van der Waals surface area contributed by atoms with Crippen molar-refractivity contribution in [2.24, 2.45) is 0 Å². The van der Waals surface area contributed by atoms with E-state index in [4.69, 9.17) is 4.42 Å². The maximum Gasteiger partial charge on any atom is 0.137 e. The molecule has 3 heteroatoms. The normalized spacial score (nSPS) is 11.8. The third kappa shape index (κ3) is 4.68. The van der Waals surface area contributed by atoms with Crippen molar-refractivity contribution in [2.75, 3.05) is 4.90 Å². The van der Waals surface area contributed by atoms with E-state index in [1.54, 1.807) is 0 Å². The number of nitrogens with zero attached hydrogens (tertiary/aromatic N) is 2. The molecule has 0 unspecified atom stereocenters. The second kappa shape index (κ2) is 11.7. The van der Waals surface area contributed by atoms with Gasteiger partial charge in [0.25, 0.3) is 0 Å². The second-order valence-electron chi connectivity index (χ2n) is 13.7. The SMILES string of the molecule is c1ccc(-c2cccc(N(c3ccc4c(c3)oc3ccc5ccccc5c34)c3ccc4c(c3)c3ccc5ccccc5c3n4-c3ccccc3)c2)cc1. The average Bonchev–Trinajstić information content (AvgIpc) is 3.77. The molecule has 9 aromatic carbocycles. The van der Waals surface area contributed by atoms with Gasteiger partial charge in [-0.2, -0.15) is 0 Å². The van der Waals surface area contributed by atoms with Gasteiger partial charge in [-0.1, -0.05) is 127 Å². The van der Waals surface area contributed by atoms with Crippen molar-refractivity contribution < 1.29 is 4.42 Å². The maximum atomic E-state index is 6.61. The fourth-order valence-electron chi connectivity index (χ4n) is 8.33. The van der Waals surface area contributed by atoms with Crippen molar-refractivity contribution in [3.63, 3.8) is 0 Å². The lowest BCUT2D eigenvalue weighted by atomic mass is 10.0. The van der Waals surface area contributed by atoms with Gasteiger partial charge in [-0.05, 0) is 87.9 Å². The van der Waals surface area contributed by atoms with Gasteiger partial charge in [-0.3, -0.25) is 0 Å². The molecule has 0 radical (unpaired) electrons. The van der Waals surface area contributed by atoms with Crippen LogP contribution in [0.3, 0.4) is 0 Å². The van der Waals surface area contributed by atoms with Crippen LogP contribution in [-0.4, -0.2) is 4.57 Å². The predicted molar refractivity (Wildman–Crippen MR) is 223 cm³/mol. The van der Waals surface area contributed by atoms with Gasteiger partial charge in [0.2, 0.25) is 0 Å². The zero-order valence-corrected chi connectivity index (χ0v) is 28.8. The minimum atomic E-state index is 0.867. The number of para-hydroxylation sites is 1. The molecule has 11 rings (SSSR count). The van der Waals surface area contributed by atoms with Crippen molar-refractivity contribution in [1.82, 2.24) is 4.57 Å². The summed E-state index contributed by atoms with van der Waals surface area (Å²) in [5.41, 5.74) is 10.8. The van der Waals surface area contributed by atoms with E-state index in [-0.39, 0.29) is 0 Å². The van der Waals surface area contributed by atoms with Gasteiger partial charge in [0.1, 0.15) is 11.2 Å². The topological polar surface area (TPSA) is 21.3 Å². The van der Waals surface area contributed by atoms with Gasteiger partial charge in [0, 0.05) is 55.7 Å². The van der Waals surface area contributed by atoms with Gasteiger partial charge in [-0.15, -0.1) is 0 Å². The van der Waals surface area contributed by atoms with E-state index in [0.29, 0.717) is 0 Å². The van der Waals surface area contributed by atoms with Gasteiger partial charge in [0.15, 0.2) is 0 Å². The molecule has 0 bridgehead atoms. The van der Waals surface area contributed by atoms with E-state index in [2.05, 4.69) is 204 Å². The van der Waals surface area contributed by atoms with Crippen molar-refractivity contribution in [3.05, 3.63) is 194 Å². The van der Waals surface area contributed by atoms with Gasteiger partial charge < -0.3 is 13.9 Å². The summed E-state index contributed by atoms with van der Waals surface area (Å²) in [6.07, 6.45) is 0. The predicted octanol–water partition coefficient (Wildman–Crippen LogP) is 14.1. The van der Waals surface area contributed by atoms with Gasteiger partial charge >= 0.3 is 0 Å². The summed E-state index contributed by atoms with van der Waals surface area (Å²) in [5.74, 6) is 0. The summed E-state index contributed by atoms with van der Waals surface area (Å²) in [7, 11) is 0. The first-order valence-electron chi connectivity index (χ1n) is 18.1. The molecule has 0 atom stereocenters. The Kier molecular flexibility index (Phi) is 6.55. The van der Waals surface area contributed by atoms with E-state index < -0.39 is 0 Å². The van der Waals surface area contributed by atoms with Crippen LogP contribution in [0.4, 0.5) is 17.1 Å². The fourth-order valence-corrected chi connectivity index (χ4v) is 8.33. The van der Waals surface area contributed by atoms with Crippen molar-refractivity contribution in [1.29, 1.82) is 0 Å². The Bertz CT molecular complexity index is 3170. The molecular weight excluding hydrogens is 645 g/mol. The summed E-state index contributed by atoms with van der Waals surface area (Å²) in [5, 5.41) is 9.58. The number of benzene rings is 9. The summed E-state index contributed by atoms with van der Waals surface area (Å²) >= 11 is 0. The molecule has 0 amide bonds. The zero-order chi connectivity index (χ0) is 34.9. The number of rotatable bonds is 5. The molecule has 248 valence electrons. The maximum absolute atomic E-state index is 6.61. The third-order valence-electron chi connectivity index (χ3n) is 10.7. The molecule has 0 saturated carbocycles. The standard InChI is InChI=1S/C50H32N2O/c1-3-12-33(13-4-1)36-16-11-19-38(30-36)51(40-24-27-44-48(32-40)53-47-29-23-34-14-7-9-20-41(34)49(44)47)39-25-28-46-45(31-39)43-26-22-35-15-8-10-21-42(35)50(43)52(46)37-17-5-2-6-18-37/h1-32H. The molecule has 2 heterocycles. The molecule has 0 fully saturated rings. The van der Waals surface area contributed by atoms with Crippen LogP contribution >= 0.6 is 0 Å². The number of anilines is 3. The molecule has 0 N–H and O–H groups in total. The lowest BCUT2D eigenvalue weighted by Crippen LogP contribution is -2.10. The quantitative estimate of drug-likeness (QED) is 0.181. The Morgan fingerprint density at radius 1 is 0.377 bits per heavy atom. The second-order valence-corrected chi connectivity index (χ2v) is 13.7. The van der Waals surface area contributed by atoms with Crippen LogP contribution in [0.2, 0.25) is 0 Å². The van der Waals surface area contributed by atoms with Crippen LogP contribution in [0.1, 0.15) is 0 Å². The molecule has 0 aliphatic rings. The van der Waals surface area contributed by atoms with Crippen molar-refractivity contribution in [2.45, 2.75) is 0 Å². The highest BCUT2D eigenvalue weighted by atomic mass is 16.3. The zero-order valence-electron chi connectivity index (χ0n) is 28.8. The lowest BCUT2D eigenvalue weighted by Gasteiger charge is -2.26. The van der Waals surface area contributed by atoms with E-state index in [1.165, 1.54) is 48.9 Å². The monoisotopic (exact) mass is 676 g/mol. The first-order chi connectivity index (χ1) is 26.3. The van der Waals surface area contributed by atoms with Crippen molar-refractivity contribution >= 4 is 82.4 Å². The number of hydrogen-bond donors (Lipinski definition) is 0. The van der Waals surface area contributed by atoms with Crippen LogP contribution in [0.25, 0.3) is 82.1 Å². The molecule has 53 heavy (non-hydrogen) atoms. The molecule has 0 aliphatic heterocycles. The number of aromatic nitrogens is 1. The number of hydrogen-bond acceptors (Lipinski definition) is 2.